The molecule has 4 heteroatoms. The summed E-state index contributed by atoms with van der Waals surface area (Å²) in [4.78, 5) is 37.7. The van der Waals surface area contributed by atoms with Gasteiger partial charge in [0.25, 0.3) is 0 Å². The molecular formula is C23H18O4. The lowest BCUT2D eigenvalue weighted by Crippen LogP contribution is -2.17. The van der Waals surface area contributed by atoms with E-state index in [0.717, 1.165) is 0 Å². The van der Waals surface area contributed by atoms with Gasteiger partial charge >= 0.3 is 0 Å². The number of aliphatic hydroxyl groups excluding tert-OH is 1. The van der Waals surface area contributed by atoms with Crippen LogP contribution >= 0.6 is 0 Å². The van der Waals surface area contributed by atoms with Crippen molar-refractivity contribution in [1.82, 2.24) is 0 Å². The molecule has 1 atom stereocenters. The van der Waals surface area contributed by atoms with Gasteiger partial charge in [0, 0.05) is 16.7 Å². The number of carbonyl (C=O) groups is 3. The zero-order valence-corrected chi connectivity index (χ0v) is 14.5. The fraction of sp³-hybridized carbons (Fsp3) is 0.0870. The van der Waals surface area contributed by atoms with Crippen molar-refractivity contribution in [3.63, 3.8) is 0 Å². The van der Waals surface area contributed by atoms with E-state index < -0.39 is 17.7 Å². The van der Waals surface area contributed by atoms with Crippen LogP contribution in [0.15, 0.2) is 84.9 Å². The maximum Gasteiger partial charge on any atom is 0.196 e. The summed E-state index contributed by atoms with van der Waals surface area (Å²) >= 11 is 0. The van der Waals surface area contributed by atoms with Gasteiger partial charge in [-0.25, -0.2) is 0 Å². The lowest BCUT2D eigenvalue weighted by molar-refractivity contribution is 0.0741. The third-order valence-electron chi connectivity index (χ3n) is 4.27. The first-order chi connectivity index (χ1) is 13.1. The summed E-state index contributed by atoms with van der Waals surface area (Å²) < 4.78 is 0. The third kappa shape index (κ3) is 4.25. The predicted molar refractivity (Wildman–Crippen MR) is 102 cm³/mol. The first kappa shape index (κ1) is 18.4. The molecule has 0 amide bonds. The summed E-state index contributed by atoms with van der Waals surface area (Å²) in [5.41, 5.74) is 1.14. The molecule has 0 aliphatic carbocycles. The van der Waals surface area contributed by atoms with Crippen LogP contribution in [0.2, 0.25) is 0 Å². The predicted octanol–water partition coefficient (Wildman–Crippen LogP) is 4.06. The lowest BCUT2D eigenvalue weighted by atomic mass is 9.92. The number of ketones is 3. The molecule has 0 saturated heterocycles. The van der Waals surface area contributed by atoms with Crippen LogP contribution in [0.25, 0.3) is 0 Å². The minimum atomic E-state index is -1.37. The molecular weight excluding hydrogens is 340 g/mol. The summed E-state index contributed by atoms with van der Waals surface area (Å²) in [6, 6.07) is 23.3. The molecule has 0 bridgehead atoms. The molecule has 0 aliphatic heterocycles. The minimum Gasteiger partial charge on any atom is -0.380 e. The molecule has 0 aromatic heterocycles. The van der Waals surface area contributed by atoms with Crippen LogP contribution < -0.4 is 0 Å². The smallest absolute Gasteiger partial charge is 0.196 e. The Morgan fingerprint density at radius 3 is 1.81 bits per heavy atom. The zero-order chi connectivity index (χ0) is 19.2. The molecule has 3 rings (SSSR count). The molecule has 3 aromatic rings. The minimum absolute atomic E-state index is 0.111. The maximum absolute atomic E-state index is 12.7. The Morgan fingerprint density at radius 1 is 0.667 bits per heavy atom. The van der Waals surface area contributed by atoms with Crippen molar-refractivity contribution in [3.05, 3.63) is 107 Å². The highest BCUT2D eigenvalue weighted by molar-refractivity contribution is 6.17. The van der Waals surface area contributed by atoms with Crippen LogP contribution in [-0.2, 0) is 0 Å². The molecule has 1 unspecified atom stereocenters. The molecule has 0 saturated carbocycles. The van der Waals surface area contributed by atoms with Gasteiger partial charge in [-0.15, -0.1) is 0 Å². The van der Waals surface area contributed by atoms with Crippen LogP contribution in [0.3, 0.4) is 0 Å². The SMILES string of the molecule is O=C(CC(=O)c1ccccc1C(=O)C(O)c1ccccc1)c1ccccc1. The summed E-state index contributed by atoms with van der Waals surface area (Å²) in [5.74, 6) is -1.34. The number of aliphatic hydroxyl groups is 1. The summed E-state index contributed by atoms with van der Waals surface area (Å²) in [5, 5.41) is 10.4. The average Bonchev–Trinajstić information content (AvgIpc) is 2.73. The zero-order valence-electron chi connectivity index (χ0n) is 14.5. The van der Waals surface area contributed by atoms with E-state index in [0.29, 0.717) is 11.1 Å². The molecule has 0 heterocycles. The molecule has 0 aliphatic rings. The van der Waals surface area contributed by atoms with E-state index >= 15 is 0 Å². The largest absolute Gasteiger partial charge is 0.380 e. The van der Waals surface area contributed by atoms with Gasteiger partial charge in [0.2, 0.25) is 0 Å². The molecule has 0 fully saturated rings. The van der Waals surface area contributed by atoms with Crippen molar-refractivity contribution >= 4 is 17.3 Å². The summed E-state index contributed by atoms with van der Waals surface area (Å²) in [6.07, 6.45) is -1.71. The molecule has 3 aromatic carbocycles. The normalized spacial score (nSPS) is 11.6. The maximum atomic E-state index is 12.7. The monoisotopic (exact) mass is 358 g/mol. The highest BCUT2D eigenvalue weighted by Crippen LogP contribution is 2.22. The van der Waals surface area contributed by atoms with Crippen molar-refractivity contribution in [1.29, 1.82) is 0 Å². The Morgan fingerprint density at radius 2 is 1.19 bits per heavy atom. The average molecular weight is 358 g/mol. The van der Waals surface area contributed by atoms with E-state index in [1.54, 1.807) is 72.8 Å². The van der Waals surface area contributed by atoms with Crippen molar-refractivity contribution in [2.75, 3.05) is 0 Å². The second kappa shape index (κ2) is 8.34. The molecule has 0 radical (unpaired) electrons. The van der Waals surface area contributed by atoms with Crippen LogP contribution in [-0.4, -0.2) is 22.5 Å². The Hall–Kier alpha value is -3.37. The van der Waals surface area contributed by atoms with Gasteiger partial charge < -0.3 is 5.11 Å². The van der Waals surface area contributed by atoms with Crippen molar-refractivity contribution in [3.8, 4) is 0 Å². The Labute approximate surface area is 157 Å². The second-order valence-electron chi connectivity index (χ2n) is 6.11. The van der Waals surface area contributed by atoms with Gasteiger partial charge in [0.15, 0.2) is 17.3 Å². The number of Topliss-reactive ketones (excluding diaryl/α,β-unsaturated/α-hetero) is 3. The van der Waals surface area contributed by atoms with E-state index in [9.17, 15) is 19.5 Å². The van der Waals surface area contributed by atoms with E-state index in [1.807, 2.05) is 0 Å². The Bertz CT molecular complexity index is 962. The molecule has 27 heavy (non-hydrogen) atoms. The van der Waals surface area contributed by atoms with Gasteiger partial charge in [-0.3, -0.25) is 14.4 Å². The number of hydrogen-bond donors (Lipinski definition) is 1. The van der Waals surface area contributed by atoms with Gasteiger partial charge in [0.1, 0.15) is 6.10 Å². The first-order valence-corrected chi connectivity index (χ1v) is 8.55. The lowest BCUT2D eigenvalue weighted by Gasteiger charge is -2.13. The standard InChI is InChI=1S/C23H18O4/c24-20(16-9-3-1-4-10-16)15-21(25)18-13-7-8-14-19(18)23(27)22(26)17-11-5-2-6-12-17/h1-14,22,26H,15H2. The van der Waals surface area contributed by atoms with Crippen LogP contribution in [0.5, 0.6) is 0 Å². The molecule has 134 valence electrons. The fourth-order valence-corrected chi connectivity index (χ4v) is 2.84. The molecule has 0 spiro atoms. The van der Waals surface area contributed by atoms with Crippen molar-refractivity contribution < 1.29 is 19.5 Å². The van der Waals surface area contributed by atoms with E-state index in [-0.39, 0.29) is 23.3 Å². The third-order valence-corrected chi connectivity index (χ3v) is 4.27. The first-order valence-electron chi connectivity index (χ1n) is 8.55. The Kier molecular flexibility index (Phi) is 5.69. The van der Waals surface area contributed by atoms with E-state index in [4.69, 9.17) is 0 Å². The van der Waals surface area contributed by atoms with Gasteiger partial charge in [-0.1, -0.05) is 84.9 Å². The number of hydrogen-bond acceptors (Lipinski definition) is 4. The van der Waals surface area contributed by atoms with Crippen molar-refractivity contribution in [2.45, 2.75) is 12.5 Å². The molecule has 4 nitrogen and oxygen atoms in total. The number of benzene rings is 3. The summed E-state index contributed by atoms with van der Waals surface area (Å²) in [7, 11) is 0. The van der Waals surface area contributed by atoms with Gasteiger partial charge in [-0.05, 0) is 5.56 Å². The van der Waals surface area contributed by atoms with Gasteiger partial charge in [-0.2, -0.15) is 0 Å². The number of carbonyl (C=O) groups excluding carboxylic acids is 3. The highest BCUT2D eigenvalue weighted by Gasteiger charge is 2.24. The Balaban J connectivity index is 1.84. The van der Waals surface area contributed by atoms with E-state index in [2.05, 4.69) is 0 Å². The van der Waals surface area contributed by atoms with Crippen LogP contribution in [0, 0.1) is 0 Å². The summed E-state index contributed by atoms with van der Waals surface area (Å²) in [6.45, 7) is 0. The number of rotatable bonds is 7. The van der Waals surface area contributed by atoms with Crippen molar-refractivity contribution in [2.24, 2.45) is 0 Å². The molecule has 1 N–H and O–H groups in total. The quantitative estimate of drug-likeness (QED) is 0.511. The fourth-order valence-electron chi connectivity index (χ4n) is 2.84. The topological polar surface area (TPSA) is 71.4 Å². The van der Waals surface area contributed by atoms with Gasteiger partial charge in [0.05, 0.1) is 6.42 Å². The van der Waals surface area contributed by atoms with E-state index in [1.165, 1.54) is 12.1 Å². The highest BCUT2D eigenvalue weighted by atomic mass is 16.3. The second-order valence-corrected chi connectivity index (χ2v) is 6.11. The van der Waals surface area contributed by atoms with Crippen LogP contribution in [0.4, 0.5) is 0 Å². The van der Waals surface area contributed by atoms with Crippen LogP contribution in [0.1, 0.15) is 49.2 Å².